The lowest BCUT2D eigenvalue weighted by molar-refractivity contribution is -0.0425. The number of fused-ring (bicyclic) bond motifs is 1. The minimum atomic E-state index is -0.806. The average molecular weight is 352 g/mol. The van der Waals surface area contributed by atoms with Crippen molar-refractivity contribution in [3.8, 4) is 0 Å². The molecule has 10 heteroatoms. The van der Waals surface area contributed by atoms with Crippen molar-refractivity contribution in [2.45, 2.75) is 51.0 Å². The average Bonchev–Trinajstić information content (AvgIpc) is 3.11. The topological polar surface area (TPSA) is 151 Å². The molecule has 1 aliphatic heterocycles. The zero-order valence-electron chi connectivity index (χ0n) is 14.1. The summed E-state index contributed by atoms with van der Waals surface area (Å²) in [5.74, 6) is 0.416. The molecule has 0 saturated carbocycles. The summed E-state index contributed by atoms with van der Waals surface area (Å²) < 4.78 is 7.34. The Morgan fingerprint density at radius 1 is 1.44 bits per heavy atom. The molecule has 1 saturated heterocycles. The lowest BCUT2D eigenvalue weighted by Gasteiger charge is -2.17. The van der Waals surface area contributed by atoms with Crippen LogP contribution in [-0.2, 0) is 4.74 Å². The number of anilines is 2. The fraction of sp³-hybridized carbons (Fsp3) is 0.667. The van der Waals surface area contributed by atoms with E-state index in [0.717, 1.165) is 19.3 Å². The molecular weight excluding hydrogens is 328 g/mol. The van der Waals surface area contributed by atoms with Crippen LogP contribution in [0.4, 0.5) is 11.9 Å². The summed E-state index contributed by atoms with van der Waals surface area (Å²) in [6, 6.07) is 0. The normalized spacial score (nSPS) is 23.4. The highest BCUT2D eigenvalue weighted by Gasteiger charge is 2.37. The highest BCUT2D eigenvalue weighted by molar-refractivity contribution is 5.74. The number of nitrogens with two attached hydrogens (primary N) is 1. The number of ether oxygens (including phenoxy) is 1. The van der Waals surface area contributed by atoms with E-state index in [-0.39, 0.29) is 30.1 Å². The van der Waals surface area contributed by atoms with E-state index in [1.54, 1.807) is 4.57 Å². The van der Waals surface area contributed by atoms with Gasteiger partial charge in [-0.3, -0.25) is 14.3 Å². The van der Waals surface area contributed by atoms with Gasteiger partial charge in [0, 0.05) is 13.0 Å². The number of unbranched alkanes of at least 4 members (excludes halogenated alkanes) is 2. The molecule has 3 heterocycles. The van der Waals surface area contributed by atoms with Gasteiger partial charge in [-0.05, 0) is 6.42 Å². The van der Waals surface area contributed by atoms with Crippen molar-refractivity contribution >= 4 is 23.1 Å². The van der Waals surface area contributed by atoms with Gasteiger partial charge in [0.2, 0.25) is 11.9 Å². The monoisotopic (exact) mass is 352 g/mol. The van der Waals surface area contributed by atoms with Crippen molar-refractivity contribution in [2.75, 3.05) is 24.2 Å². The number of hydrogen-bond donors (Lipinski definition) is 5. The SMILES string of the molecule is CCCCCNc1nc2c(=O)[nH]c(N)nc2n1[C@H]1C[C@H](O)[C@@H](CO)O1. The predicted molar refractivity (Wildman–Crippen MR) is 92.2 cm³/mol. The first-order chi connectivity index (χ1) is 12.0. The first-order valence-corrected chi connectivity index (χ1v) is 8.51. The maximum atomic E-state index is 12.1. The quantitative estimate of drug-likeness (QED) is 0.435. The maximum absolute atomic E-state index is 12.1. The third-order valence-corrected chi connectivity index (χ3v) is 4.30. The minimum absolute atomic E-state index is 0.0200. The Hall–Kier alpha value is -2.17. The zero-order chi connectivity index (χ0) is 18.0. The first kappa shape index (κ1) is 17.6. The van der Waals surface area contributed by atoms with Crippen LogP contribution in [0.3, 0.4) is 0 Å². The molecule has 3 atom stereocenters. The number of nitrogens with one attached hydrogen (secondary N) is 2. The van der Waals surface area contributed by atoms with Crippen LogP contribution >= 0.6 is 0 Å². The van der Waals surface area contributed by atoms with Crippen LogP contribution in [0.2, 0.25) is 0 Å². The van der Waals surface area contributed by atoms with Gasteiger partial charge in [0.15, 0.2) is 11.2 Å². The number of hydrogen-bond acceptors (Lipinski definition) is 8. The molecule has 10 nitrogen and oxygen atoms in total. The molecule has 0 spiro atoms. The fourth-order valence-corrected chi connectivity index (χ4v) is 3.01. The number of aliphatic hydroxyl groups excluding tert-OH is 2. The lowest BCUT2D eigenvalue weighted by Crippen LogP contribution is -2.24. The molecule has 0 unspecified atom stereocenters. The highest BCUT2D eigenvalue weighted by atomic mass is 16.5. The molecule has 0 bridgehead atoms. The Morgan fingerprint density at radius 2 is 2.24 bits per heavy atom. The number of H-pyrrole nitrogens is 1. The molecule has 25 heavy (non-hydrogen) atoms. The van der Waals surface area contributed by atoms with Gasteiger partial charge in [0.1, 0.15) is 12.3 Å². The van der Waals surface area contributed by atoms with Crippen LogP contribution in [0.15, 0.2) is 4.79 Å². The van der Waals surface area contributed by atoms with E-state index in [1.165, 1.54) is 0 Å². The highest BCUT2D eigenvalue weighted by Crippen LogP contribution is 2.33. The molecule has 0 amide bonds. The van der Waals surface area contributed by atoms with Crippen molar-refractivity contribution in [1.29, 1.82) is 0 Å². The third kappa shape index (κ3) is 3.46. The van der Waals surface area contributed by atoms with Crippen LogP contribution in [-0.4, -0.2) is 55.1 Å². The number of nitrogens with zero attached hydrogens (tertiary/aromatic N) is 3. The first-order valence-electron chi connectivity index (χ1n) is 8.51. The van der Waals surface area contributed by atoms with Gasteiger partial charge >= 0.3 is 0 Å². The number of aromatic nitrogens is 4. The number of imidazole rings is 1. The van der Waals surface area contributed by atoms with Gasteiger partial charge in [-0.25, -0.2) is 4.98 Å². The maximum Gasteiger partial charge on any atom is 0.280 e. The van der Waals surface area contributed by atoms with Gasteiger partial charge in [0.25, 0.3) is 5.56 Å². The van der Waals surface area contributed by atoms with E-state index in [4.69, 9.17) is 10.5 Å². The van der Waals surface area contributed by atoms with Gasteiger partial charge in [-0.2, -0.15) is 4.98 Å². The second-order valence-corrected chi connectivity index (χ2v) is 6.18. The molecule has 2 aromatic heterocycles. The summed E-state index contributed by atoms with van der Waals surface area (Å²) in [6.07, 6.45) is 1.29. The van der Waals surface area contributed by atoms with Crippen LogP contribution < -0.4 is 16.6 Å². The minimum Gasteiger partial charge on any atom is -0.394 e. The van der Waals surface area contributed by atoms with Crippen molar-refractivity contribution in [3.63, 3.8) is 0 Å². The van der Waals surface area contributed by atoms with Crippen molar-refractivity contribution in [1.82, 2.24) is 19.5 Å². The van der Waals surface area contributed by atoms with E-state index >= 15 is 0 Å². The van der Waals surface area contributed by atoms with Crippen LogP contribution in [0.1, 0.15) is 38.8 Å². The molecule has 138 valence electrons. The third-order valence-electron chi connectivity index (χ3n) is 4.30. The number of rotatable bonds is 7. The zero-order valence-corrected chi connectivity index (χ0v) is 14.1. The van der Waals surface area contributed by atoms with Gasteiger partial charge in [-0.1, -0.05) is 19.8 Å². The molecule has 1 fully saturated rings. The Kier molecular flexibility index (Phi) is 5.21. The summed E-state index contributed by atoms with van der Waals surface area (Å²) in [4.78, 5) is 23.1. The summed E-state index contributed by atoms with van der Waals surface area (Å²) in [5, 5.41) is 22.5. The largest absolute Gasteiger partial charge is 0.394 e. The lowest BCUT2D eigenvalue weighted by atomic mass is 10.2. The summed E-state index contributed by atoms with van der Waals surface area (Å²) in [7, 11) is 0. The van der Waals surface area contributed by atoms with Crippen molar-refractivity contribution in [2.24, 2.45) is 0 Å². The molecule has 1 aliphatic rings. The molecule has 2 aromatic rings. The van der Waals surface area contributed by atoms with E-state index in [1.807, 2.05) is 0 Å². The Balaban J connectivity index is 1.99. The Bertz CT molecular complexity index is 788. The molecule has 3 rings (SSSR count). The molecular formula is C15H24N6O4. The predicted octanol–water partition coefficient (Wildman–Crippen LogP) is -0.0554. The number of aliphatic hydroxyl groups is 2. The standard InChI is InChI=1S/C15H24N6O4/c1-2-3-4-5-17-15-18-11-12(19-14(16)20-13(11)24)21(15)10-6-8(23)9(7-22)25-10/h8-10,22-23H,2-7H2,1H3,(H,17,18)(H3,16,19,20,24)/t8-,9+,10+/m0/s1. The smallest absolute Gasteiger partial charge is 0.280 e. The second kappa shape index (κ2) is 7.38. The molecule has 0 aromatic carbocycles. The number of nitrogen functional groups attached to an aromatic ring is 1. The van der Waals surface area contributed by atoms with Crippen LogP contribution in [0.5, 0.6) is 0 Å². The van der Waals surface area contributed by atoms with Gasteiger partial charge < -0.3 is 26.0 Å². The molecule has 0 radical (unpaired) electrons. The molecule has 6 N–H and O–H groups in total. The summed E-state index contributed by atoms with van der Waals surface area (Å²) in [5.41, 5.74) is 5.67. The second-order valence-electron chi connectivity index (χ2n) is 6.18. The van der Waals surface area contributed by atoms with Gasteiger partial charge in [0.05, 0.1) is 12.7 Å². The van der Waals surface area contributed by atoms with Crippen molar-refractivity contribution in [3.05, 3.63) is 10.4 Å². The Labute approximate surface area is 144 Å². The van der Waals surface area contributed by atoms with Crippen LogP contribution in [0.25, 0.3) is 11.2 Å². The summed E-state index contributed by atoms with van der Waals surface area (Å²) in [6.45, 7) is 2.51. The van der Waals surface area contributed by atoms with E-state index in [2.05, 4.69) is 27.2 Å². The van der Waals surface area contributed by atoms with E-state index in [9.17, 15) is 15.0 Å². The fourth-order valence-electron chi connectivity index (χ4n) is 3.01. The summed E-state index contributed by atoms with van der Waals surface area (Å²) >= 11 is 0. The van der Waals surface area contributed by atoms with Crippen LogP contribution in [0, 0.1) is 0 Å². The van der Waals surface area contributed by atoms with Gasteiger partial charge in [-0.15, -0.1) is 0 Å². The molecule has 0 aliphatic carbocycles. The number of aromatic amines is 1. The van der Waals surface area contributed by atoms with E-state index < -0.39 is 24.0 Å². The Morgan fingerprint density at radius 3 is 2.92 bits per heavy atom. The van der Waals surface area contributed by atoms with E-state index in [0.29, 0.717) is 12.5 Å². The van der Waals surface area contributed by atoms with Crippen molar-refractivity contribution < 1.29 is 14.9 Å².